The van der Waals surface area contributed by atoms with Crippen LogP contribution in [0.1, 0.15) is 67.6 Å². The van der Waals surface area contributed by atoms with E-state index in [4.69, 9.17) is 18.8 Å². The molecule has 1 heterocycles. The molecule has 1 aliphatic carbocycles. The number of fused-ring (bicyclic) bond motifs is 3. The molecule has 0 atom stereocenters. The normalized spacial score (nSPS) is 17.1. The average Bonchev–Trinajstić information content (AvgIpc) is 3.38. The molecule has 8 heteroatoms. The first-order valence-electron chi connectivity index (χ1n) is 14.0. The maximum absolute atomic E-state index is 13.0. The monoisotopic (exact) mass is 553 g/mol. The number of hydrogen-bond acceptors (Lipinski definition) is 6. The molecule has 1 N–H and O–H groups in total. The number of esters is 1. The van der Waals surface area contributed by atoms with Crippen molar-refractivity contribution in [3.8, 4) is 11.1 Å². The minimum Gasteiger partial charge on any atom is -0.462 e. The zero-order valence-electron chi connectivity index (χ0n) is 24.2. The summed E-state index contributed by atoms with van der Waals surface area (Å²) in [6.07, 6.45) is 1.34. The van der Waals surface area contributed by atoms with Gasteiger partial charge in [0.25, 0.3) is 0 Å². The summed E-state index contributed by atoms with van der Waals surface area (Å²) in [6, 6.07) is 23.6. The van der Waals surface area contributed by atoms with E-state index in [9.17, 15) is 9.59 Å². The third-order valence-electron chi connectivity index (χ3n) is 8.09. The van der Waals surface area contributed by atoms with Crippen LogP contribution in [-0.4, -0.2) is 50.1 Å². The summed E-state index contributed by atoms with van der Waals surface area (Å²) in [5.74, 6) is -0.423. The molecule has 2 aliphatic rings. The van der Waals surface area contributed by atoms with Crippen LogP contribution in [0.4, 0.5) is 4.79 Å². The number of nitrogens with one attached hydrogen (secondary N) is 1. The van der Waals surface area contributed by atoms with E-state index in [1.807, 2.05) is 64.1 Å². The van der Waals surface area contributed by atoms with Crippen LogP contribution < -0.4 is 5.32 Å². The van der Waals surface area contributed by atoms with E-state index < -0.39 is 30.4 Å². The highest BCUT2D eigenvalue weighted by molar-refractivity contribution is 6.56. The molecule has 1 saturated heterocycles. The van der Waals surface area contributed by atoms with Crippen LogP contribution in [0.5, 0.6) is 0 Å². The van der Waals surface area contributed by atoms with Gasteiger partial charge in [-0.1, -0.05) is 66.7 Å². The number of carbonyl (C=O) groups excluding carboxylic acids is 2. The van der Waals surface area contributed by atoms with E-state index >= 15 is 0 Å². The van der Waals surface area contributed by atoms with Gasteiger partial charge in [-0.2, -0.15) is 0 Å². The van der Waals surface area contributed by atoms with Crippen LogP contribution in [-0.2, 0) is 18.8 Å². The molecule has 7 nitrogen and oxygen atoms in total. The van der Waals surface area contributed by atoms with Crippen LogP contribution in [0, 0.1) is 0 Å². The number of ether oxygens (including phenoxy) is 2. The summed E-state index contributed by atoms with van der Waals surface area (Å²) in [7, 11) is -0.694. The van der Waals surface area contributed by atoms with Gasteiger partial charge in [0, 0.05) is 12.5 Å². The third kappa shape index (κ3) is 5.94. The Morgan fingerprint density at radius 3 is 2.10 bits per heavy atom. The van der Waals surface area contributed by atoms with Crippen LogP contribution in [0.15, 0.2) is 78.3 Å². The SMILES string of the molecule is CCOC(=O)c1cccc(C=C(CNC(=O)OCC2c3ccccc3-c3ccccc32)B2OC(C)(C)C(C)(C)O2)c1. The third-order valence-corrected chi connectivity index (χ3v) is 8.09. The van der Waals surface area contributed by atoms with Gasteiger partial charge in [-0.25, -0.2) is 9.59 Å². The number of carbonyl (C=O) groups is 2. The Kier molecular flexibility index (Phi) is 8.07. The molecule has 0 radical (unpaired) electrons. The maximum Gasteiger partial charge on any atom is 0.492 e. The van der Waals surface area contributed by atoms with Crippen molar-refractivity contribution >= 4 is 25.3 Å². The van der Waals surface area contributed by atoms with Crippen molar-refractivity contribution in [3.05, 3.63) is 101 Å². The van der Waals surface area contributed by atoms with Crippen molar-refractivity contribution in [1.82, 2.24) is 5.32 Å². The predicted molar refractivity (Wildman–Crippen MR) is 160 cm³/mol. The molecule has 0 saturated carbocycles. The van der Waals surface area contributed by atoms with Gasteiger partial charge in [0.1, 0.15) is 6.61 Å². The maximum atomic E-state index is 13.0. The standard InChI is InChI=1S/C33H36BNO6/c1-6-38-30(36)23-13-11-12-22(18-23)19-24(34-40-32(2,3)33(4,5)41-34)20-35-31(37)39-21-29-27-16-9-7-14-25(27)26-15-8-10-17-28(26)29/h7-19,29H,6,20-21H2,1-5H3,(H,35,37). The number of hydrogen-bond donors (Lipinski definition) is 1. The molecule has 212 valence electrons. The number of alkyl carbamates (subject to hydrolysis) is 1. The first kappa shape index (κ1) is 28.6. The van der Waals surface area contributed by atoms with Gasteiger partial charge < -0.3 is 24.1 Å². The lowest BCUT2D eigenvalue weighted by Crippen LogP contribution is -2.41. The quantitative estimate of drug-likeness (QED) is 0.256. The Bertz CT molecular complexity index is 1420. The zero-order valence-corrected chi connectivity index (χ0v) is 24.2. The molecule has 0 aromatic heterocycles. The molecule has 1 amide bonds. The Hall–Kier alpha value is -3.88. The van der Waals surface area contributed by atoms with Crippen LogP contribution >= 0.6 is 0 Å². The van der Waals surface area contributed by atoms with Crippen molar-refractivity contribution in [2.75, 3.05) is 19.8 Å². The van der Waals surface area contributed by atoms with E-state index in [2.05, 4.69) is 29.6 Å². The fraction of sp³-hybridized carbons (Fsp3) is 0.333. The fourth-order valence-electron chi connectivity index (χ4n) is 5.20. The largest absolute Gasteiger partial charge is 0.492 e. The van der Waals surface area contributed by atoms with Crippen molar-refractivity contribution in [2.45, 2.75) is 51.7 Å². The highest BCUT2D eigenvalue weighted by Gasteiger charge is 2.52. The van der Waals surface area contributed by atoms with E-state index in [1.165, 1.54) is 11.1 Å². The predicted octanol–water partition coefficient (Wildman–Crippen LogP) is 6.42. The summed E-state index contributed by atoms with van der Waals surface area (Å²) >= 11 is 0. The second kappa shape index (κ2) is 11.5. The minimum atomic E-state index is -0.694. The fourth-order valence-corrected chi connectivity index (χ4v) is 5.20. The molecule has 0 spiro atoms. The van der Waals surface area contributed by atoms with Gasteiger partial charge in [-0.3, -0.25) is 0 Å². The molecule has 3 aromatic carbocycles. The molecule has 5 rings (SSSR count). The molecule has 1 fully saturated rings. The smallest absolute Gasteiger partial charge is 0.462 e. The zero-order chi connectivity index (χ0) is 29.2. The first-order valence-corrected chi connectivity index (χ1v) is 14.0. The van der Waals surface area contributed by atoms with E-state index in [-0.39, 0.29) is 19.1 Å². The van der Waals surface area contributed by atoms with Crippen LogP contribution in [0.2, 0.25) is 0 Å². The molecule has 3 aromatic rings. The first-order chi connectivity index (χ1) is 19.6. The van der Waals surface area contributed by atoms with E-state index in [1.54, 1.807) is 25.1 Å². The lowest BCUT2D eigenvalue weighted by atomic mass is 9.77. The van der Waals surface area contributed by atoms with Crippen LogP contribution in [0.25, 0.3) is 17.2 Å². The minimum absolute atomic E-state index is 0.0307. The summed E-state index contributed by atoms with van der Waals surface area (Å²) < 4.78 is 23.5. The summed E-state index contributed by atoms with van der Waals surface area (Å²) in [6.45, 7) is 10.3. The molecule has 0 unspecified atom stereocenters. The number of benzene rings is 3. The average molecular weight is 553 g/mol. The molecule has 1 aliphatic heterocycles. The highest BCUT2D eigenvalue weighted by Crippen LogP contribution is 2.44. The second-order valence-corrected chi connectivity index (χ2v) is 11.3. The Morgan fingerprint density at radius 1 is 0.878 bits per heavy atom. The van der Waals surface area contributed by atoms with Gasteiger partial charge in [-0.15, -0.1) is 0 Å². The molecule has 41 heavy (non-hydrogen) atoms. The van der Waals surface area contributed by atoms with Crippen LogP contribution in [0.3, 0.4) is 0 Å². The topological polar surface area (TPSA) is 83.1 Å². The lowest BCUT2D eigenvalue weighted by molar-refractivity contribution is 0.00578. The highest BCUT2D eigenvalue weighted by atomic mass is 16.7. The Morgan fingerprint density at radius 2 is 1.49 bits per heavy atom. The number of rotatable bonds is 8. The molecule has 0 bridgehead atoms. The van der Waals surface area contributed by atoms with Gasteiger partial charge in [0.15, 0.2) is 0 Å². The van der Waals surface area contributed by atoms with Gasteiger partial charge in [0.05, 0.1) is 23.4 Å². The van der Waals surface area contributed by atoms with Gasteiger partial charge >= 0.3 is 19.2 Å². The van der Waals surface area contributed by atoms with Crippen molar-refractivity contribution in [2.24, 2.45) is 0 Å². The second-order valence-electron chi connectivity index (χ2n) is 11.3. The van der Waals surface area contributed by atoms with E-state index in [0.29, 0.717) is 17.6 Å². The molecular weight excluding hydrogens is 517 g/mol. The van der Waals surface area contributed by atoms with E-state index in [0.717, 1.165) is 16.7 Å². The van der Waals surface area contributed by atoms with Gasteiger partial charge in [-0.05, 0) is 80.0 Å². The number of amides is 1. The van der Waals surface area contributed by atoms with Crippen molar-refractivity contribution in [1.29, 1.82) is 0 Å². The lowest BCUT2D eigenvalue weighted by Gasteiger charge is -2.32. The Balaban J connectivity index is 1.32. The van der Waals surface area contributed by atoms with Crippen molar-refractivity contribution < 1.29 is 28.4 Å². The van der Waals surface area contributed by atoms with Gasteiger partial charge in [0.2, 0.25) is 0 Å². The summed E-state index contributed by atoms with van der Waals surface area (Å²) in [4.78, 5) is 25.3. The summed E-state index contributed by atoms with van der Waals surface area (Å²) in [5.41, 5.74) is 5.43. The summed E-state index contributed by atoms with van der Waals surface area (Å²) in [5, 5.41) is 2.88. The Labute approximate surface area is 242 Å². The molecular formula is C33H36BNO6. The van der Waals surface area contributed by atoms with Crippen molar-refractivity contribution in [3.63, 3.8) is 0 Å².